The van der Waals surface area contributed by atoms with Crippen molar-refractivity contribution < 1.29 is 0 Å². The fourth-order valence-corrected chi connectivity index (χ4v) is 6.42. The predicted octanol–water partition coefficient (Wildman–Crippen LogP) is 5.09. The Morgan fingerprint density at radius 2 is 1.14 bits per heavy atom. The topological polar surface area (TPSA) is 0 Å². The van der Waals surface area contributed by atoms with Crippen LogP contribution in [0, 0.1) is 3.57 Å². The summed E-state index contributed by atoms with van der Waals surface area (Å²) in [6.45, 7) is 2.45. The molecule has 22 heavy (non-hydrogen) atoms. The van der Waals surface area contributed by atoms with Crippen LogP contribution in [0.5, 0.6) is 0 Å². The minimum absolute atomic E-state index is 1.11. The average molecular weight is 415 g/mol. The van der Waals surface area contributed by atoms with Gasteiger partial charge in [0.05, 0.1) is 30.7 Å². The van der Waals surface area contributed by atoms with Gasteiger partial charge >= 0.3 is 0 Å². The molecule has 0 unspecified atom stereocenters. The summed E-state index contributed by atoms with van der Waals surface area (Å²) in [7, 11) is -1.41. The van der Waals surface area contributed by atoms with Crippen molar-refractivity contribution >= 4 is 40.5 Å². The fourth-order valence-electron chi connectivity index (χ4n) is 2.80. The van der Waals surface area contributed by atoms with Crippen molar-refractivity contribution in [3.8, 4) is 0 Å². The molecule has 0 N–H and O–H groups in total. The minimum atomic E-state index is -1.41. The van der Waals surface area contributed by atoms with Crippen molar-refractivity contribution in [1.29, 1.82) is 0 Å². The maximum Gasteiger partial charge on any atom is 0.0992 e. The SMILES string of the molecule is C[P+](Cc1ccc([125I])cc1)(c1ccccc1)c1ccccc1. The van der Waals surface area contributed by atoms with Crippen molar-refractivity contribution in [3.05, 3.63) is 94.1 Å². The second-order valence-electron chi connectivity index (χ2n) is 5.65. The standard InChI is InChI=1S/C20H19IP/c1-22(19-8-4-2-5-9-19,20-10-6-3-7-11-20)16-17-12-14-18(21)15-13-17/h2-15H,16H2,1H3/q+1/i21-2. The van der Waals surface area contributed by atoms with Gasteiger partial charge in [-0.1, -0.05) is 48.5 Å². The summed E-state index contributed by atoms with van der Waals surface area (Å²) in [4.78, 5) is 0. The van der Waals surface area contributed by atoms with Gasteiger partial charge in [0.25, 0.3) is 0 Å². The Balaban J connectivity index is 2.05. The van der Waals surface area contributed by atoms with Gasteiger partial charge < -0.3 is 0 Å². The summed E-state index contributed by atoms with van der Waals surface area (Å²) >= 11 is 2.37. The highest BCUT2D eigenvalue weighted by atomic mass is 125. The molecule has 0 saturated heterocycles. The van der Waals surface area contributed by atoms with Crippen LogP contribution in [0.3, 0.4) is 0 Å². The molecule has 0 nitrogen and oxygen atoms in total. The van der Waals surface area contributed by atoms with E-state index in [0.717, 1.165) is 6.16 Å². The van der Waals surface area contributed by atoms with E-state index in [1.807, 2.05) is 0 Å². The monoisotopic (exact) mass is 415 g/mol. The van der Waals surface area contributed by atoms with Crippen LogP contribution in [0.15, 0.2) is 84.9 Å². The molecular weight excluding hydrogens is 396 g/mol. The van der Waals surface area contributed by atoms with Gasteiger partial charge in [0.1, 0.15) is 0 Å². The molecule has 0 aliphatic heterocycles. The molecule has 3 rings (SSSR count). The molecule has 3 aromatic rings. The molecule has 0 radical (unpaired) electrons. The number of hydrogen-bond donors (Lipinski definition) is 0. The van der Waals surface area contributed by atoms with E-state index >= 15 is 0 Å². The summed E-state index contributed by atoms with van der Waals surface area (Å²) in [5, 5.41) is 2.94. The van der Waals surface area contributed by atoms with Crippen LogP contribution in [-0.4, -0.2) is 6.66 Å². The largest absolute Gasteiger partial charge is 0.0992 e. The number of halogens is 1. The first-order valence-corrected chi connectivity index (χ1v) is 10.9. The first kappa shape index (κ1) is 15.7. The van der Waals surface area contributed by atoms with E-state index in [1.54, 1.807) is 0 Å². The maximum absolute atomic E-state index is 2.45. The molecule has 110 valence electrons. The van der Waals surface area contributed by atoms with Crippen molar-refractivity contribution in [2.45, 2.75) is 6.16 Å². The Hall–Kier alpha value is -1.18. The Labute approximate surface area is 147 Å². The van der Waals surface area contributed by atoms with Gasteiger partial charge in [0.15, 0.2) is 0 Å². The summed E-state index contributed by atoms with van der Waals surface area (Å²) < 4.78 is 1.29. The van der Waals surface area contributed by atoms with Crippen LogP contribution in [-0.2, 0) is 6.16 Å². The summed E-state index contributed by atoms with van der Waals surface area (Å²) in [6.07, 6.45) is 1.11. The van der Waals surface area contributed by atoms with E-state index in [2.05, 4.69) is 114 Å². The van der Waals surface area contributed by atoms with E-state index in [1.165, 1.54) is 19.7 Å². The third-order valence-corrected chi connectivity index (χ3v) is 8.66. The molecule has 0 aliphatic carbocycles. The smallest absolute Gasteiger partial charge is 0.0620 e. The number of hydrogen-bond acceptors (Lipinski definition) is 0. The van der Waals surface area contributed by atoms with E-state index in [-0.39, 0.29) is 0 Å². The first-order valence-electron chi connectivity index (χ1n) is 7.40. The van der Waals surface area contributed by atoms with Crippen LogP contribution in [0.25, 0.3) is 0 Å². The maximum atomic E-state index is 2.45. The summed E-state index contributed by atoms with van der Waals surface area (Å²) in [6, 6.07) is 30.9. The lowest BCUT2D eigenvalue weighted by Gasteiger charge is -2.23. The van der Waals surface area contributed by atoms with E-state index in [0.29, 0.717) is 0 Å². The fraction of sp³-hybridized carbons (Fsp3) is 0.100. The van der Waals surface area contributed by atoms with E-state index in [4.69, 9.17) is 0 Å². The van der Waals surface area contributed by atoms with Crippen molar-refractivity contribution in [2.75, 3.05) is 6.66 Å². The Morgan fingerprint density at radius 1 is 0.682 bits per heavy atom. The van der Waals surface area contributed by atoms with Crippen LogP contribution in [0.1, 0.15) is 5.56 Å². The number of benzene rings is 3. The molecule has 0 amide bonds. The highest BCUT2D eigenvalue weighted by Gasteiger charge is 2.37. The zero-order valence-corrected chi connectivity index (χ0v) is 15.7. The molecule has 3 aromatic carbocycles. The normalized spacial score (nSPS) is 11.4. The van der Waals surface area contributed by atoms with Gasteiger partial charge in [-0.05, 0) is 64.6 Å². The zero-order valence-electron chi connectivity index (χ0n) is 12.6. The van der Waals surface area contributed by atoms with Gasteiger partial charge in [0, 0.05) is 3.57 Å². The molecule has 0 aromatic heterocycles. The molecule has 0 atom stereocenters. The highest BCUT2D eigenvalue weighted by Crippen LogP contribution is 2.55. The molecule has 0 heterocycles. The quantitative estimate of drug-likeness (QED) is 0.412. The molecule has 0 fully saturated rings. The highest BCUT2D eigenvalue weighted by molar-refractivity contribution is 14.1. The molecule has 0 aliphatic rings. The zero-order chi connectivity index (χ0) is 15.4. The second kappa shape index (κ2) is 6.93. The van der Waals surface area contributed by atoms with Gasteiger partial charge in [-0.2, -0.15) is 0 Å². The predicted molar refractivity (Wildman–Crippen MR) is 108 cm³/mol. The lowest BCUT2D eigenvalue weighted by Crippen LogP contribution is -2.22. The third-order valence-electron chi connectivity index (χ3n) is 4.06. The number of rotatable bonds is 4. The van der Waals surface area contributed by atoms with E-state index < -0.39 is 7.26 Å². The third kappa shape index (κ3) is 3.42. The van der Waals surface area contributed by atoms with Gasteiger partial charge in [-0.15, -0.1) is 0 Å². The molecule has 0 bridgehead atoms. The van der Waals surface area contributed by atoms with Crippen LogP contribution >= 0.6 is 29.9 Å². The lowest BCUT2D eigenvalue weighted by atomic mass is 10.2. The Morgan fingerprint density at radius 3 is 1.59 bits per heavy atom. The average Bonchev–Trinajstić information content (AvgIpc) is 2.58. The summed E-state index contributed by atoms with van der Waals surface area (Å²) in [5.41, 5.74) is 1.42. The van der Waals surface area contributed by atoms with Crippen molar-refractivity contribution in [2.24, 2.45) is 0 Å². The second-order valence-corrected chi connectivity index (χ2v) is 10.6. The Bertz CT molecular complexity index is 681. The lowest BCUT2D eigenvalue weighted by molar-refractivity contribution is 1.38. The molecule has 0 saturated carbocycles. The molecule has 2 heteroatoms. The molecular formula is C20H19IP+. The Kier molecular flexibility index (Phi) is 4.95. The summed E-state index contributed by atoms with van der Waals surface area (Å²) in [5.74, 6) is 0. The van der Waals surface area contributed by atoms with Gasteiger partial charge in [-0.3, -0.25) is 0 Å². The van der Waals surface area contributed by atoms with E-state index in [9.17, 15) is 0 Å². The van der Waals surface area contributed by atoms with Crippen LogP contribution in [0.2, 0.25) is 0 Å². The minimum Gasteiger partial charge on any atom is -0.0620 e. The van der Waals surface area contributed by atoms with Crippen LogP contribution < -0.4 is 10.6 Å². The van der Waals surface area contributed by atoms with Gasteiger partial charge in [-0.25, -0.2) is 0 Å². The first-order chi connectivity index (χ1) is 10.7. The van der Waals surface area contributed by atoms with Crippen molar-refractivity contribution in [1.82, 2.24) is 0 Å². The van der Waals surface area contributed by atoms with Crippen LogP contribution in [0.4, 0.5) is 0 Å². The van der Waals surface area contributed by atoms with Crippen molar-refractivity contribution in [3.63, 3.8) is 0 Å². The molecule has 0 spiro atoms. The van der Waals surface area contributed by atoms with Gasteiger partial charge in [0.2, 0.25) is 0 Å².